The van der Waals surface area contributed by atoms with Gasteiger partial charge in [0.05, 0.1) is 6.33 Å². The molecule has 0 unspecified atom stereocenters. The van der Waals surface area contributed by atoms with Crippen LogP contribution in [0.5, 0.6) is 0 Å². The number of aromatic nitrogens is 4. The van der Waals surface area contributed by atoms with Crippen LogP contribution in [-0.2, 0) is 51.6 Å². The van der Waals surface area contributed by atoms with Crippen LogP contribution in [0.4, 0.5) is 32.2 Å². The van der Waals surface area contributed by atoms with E-state index in [9.17, 15) is 46.1 Å². The number of nitrogens with zero attached hydrogens (tertiary/aromatic N) is 5. The number of anilines is 1. The minimum absolute atomic E-state index is 0. The number of aliphatic hydroxyl groups is 2. The van der Waals surface area contributed by atoms with E-state index in [0.29, 0.717) is 43.6 Å². The molecular formula is C26H40F6MnN10O11S2. The number of hydrogen-bond donors (Lipinski definition) is 7. The number of nitrogen functional groups attached to an aromatic ring is 1. The quantitative estimate of drug-likeness (QED) is 0.0470. The van der Waals surface area contributed by atoms with Crippen LogP contribution >= 0.6 is 0 Å². The molecule has 4 rings (SSSR count). The molecule has 2 amide bonds. The van der Waals surface area contributed by atoms with Gasteiger partial charge < -0.3 is 56.0 Å². The van der Waals surface area contributed by atoms with Gasteiger partial charge in [-0.3, -0.25) is 14.2 Å². The third-order valence-electron chi connectivity index (χ3n) is 7.52. The monoisotopic (exact) mass is 901 g/mol. The van der Waals surface area contributed by atoms with Crippen LogP contribution in [0.2, 0.25) is 0 Å². The summed E-state index contributed by atoms with van der Waals surface area (Å²) in [5.74, 6) is -0.208. The van der Waals surface area contributed by atoms with Gasteiger partial charge in [0, 0.05) is 65.3 Å². The third-order valence-corrected chi connectivity index (χ3v) is 8.65. The van der Waals surface area contributed by atoms with E-state index in [1.165, 1.54) is 17.2 Å². The molecule has 321 valence electrons. The Labute approximate surface area is 326 Å². The number of hydrogen-bond acceptors (Lipinski definition) is 18. The van der Waals surface area contributed by atoms with Crippen LogP contribution in [0, 0.1) is 0 Å². The number of nitrogens with two attached hydrogens (primary N) is 1. The van der Waals surface area contributed by atoms with E-state index < -0.39 is 61.7 Å². The van der Waals surface area contributed by atoms with Gasteiger partial charge in [0.2, 0.25) is 5.91 Å². The van der Waals surface area contributed by atoms with E-state index in [2.05, 4.69) is 36.2 Å². The number of fused-ring (bicyclic) bond motifs is 1. The van der Waals surface area contributed by atoms with Crippen LogP contribution in [0.3, 0.4) is 0 Å². The molecule has 2 aromatic rings. The van der Waals surface area contributed by atoms with Crippen molar-refractivity contribution in [3.63, 3.8) is 0 Å². The molecule has 2 fully saturated rings. The average Bonchev–Trinajstić information content (AvgIpc) is 3.62. The SMILES string of the molecule is Nc1ncnc2c1ncn2[C@@H]1O[C@H](C(=O)NCCCCCC(=O)N2CCNCCNCCNCC2)[C@@H](O)[C@H]1O.O=S(=O)([O-])C(F)(F)F.O=S(=O)([O-])C(F)(F)F.[Mn+2]. The Bertz CT molecular complexity index is 1710. The van der Waals surface area contributed by atoms with Crippen LogP contribution in [0.1, 0.15) is 31.9 Å². The molecule has 0 saturated carbocycles. The predicted molar refractivity (Wildman–Crippen MR) is 174 cm³/mol. The zero-order chi connectivity index (χ0) is 41.6. The fourth-order valence-electron chi connectivity index (χ4n) is 4.73. The van der Waals surface area contributed by atoms with E-state index in [1.54, 1.807) is 0 Å². The van der Waals surface area contributed by atoms with Gasteiger partial charge in [-0.15, -0.1) is 0 Å². The minimum atomic E-state index is -6.09. The number of ether oxygens (including phenoxy) is 1. The maximum Gasteiger partial charge on any atom is 2.00 e. The van der Waals surface area contributed by atoms with Crippen molar-refractivity contribution in [2.24, 2.45) is 0 Å². The molecule has 2 aliphatic rings. The molecule has 0 spiro atoms. The van der Waals surface area contributed by atoms with E-state index in [4.69, 9.17) is 36.4 Å². The van der Waals surface area contributed by atoms with Gasteiger partial charge in [-0.2, -0.15) is 26.3 Å². The second-order valence-electron chi connectivity index (χ2n) is 11.5. The Morgan fingerprint density at radius 3 is 1.86 bits per heavy atom. The average molecular weight is 902 g/mol. The summed E-state index contributed by atoms with van der Waals surface area (Å²) in [4.78, 5) is 39.5. The number of carbonyl (C=O) groups excluding carboxylic acids is 2. The number of aliphatic hydroxyl groups excluding tert-OH is 2. The molecule has 0 bridgehead atoms. The first-order valence-electron chi connectivity index (χ1n) is 16.1. The maximum absolute atomic E-state index is 12.7. The Morgan fingerprint density at radius 1 is 0.857 bits per heavy atom. The van der Waals surface area contributed by atoms with E-state index in [-0.39, 0.29) is 28.8 Å². The first kappa shape index (κ1) is 51.0. The first-order valence-corrected chi connectivity index (χ1v) is 19.0. The van der Waals surface area contributed by atoms with Crippen molar-refractivity contribution in [2.45, 2.75) is 61.2 Å². The summed E-state index contributed by atoms with van der Waals surface area (Å²) in [6.45, 7) is 6.83. The summed E-state index contributed by atoms with van der Waals surface area (Å²) in [5.41, 5.74) is -4.82. The molecule has 2 aromatic heterocycles. The second-order valence-corrected chi connectivity index (χ2v) is 14.3. The van der Waals surface area contributed by atoms with Crippen molar-refractivity contribution in [2.75, 3.05) is 64.6 Å². The van der Waals surface area contributed by atoms with Crippen LogP contribution in [0.15, 0.2) is 12.7 Å². The van der Waals surface area contributed by atoms with Crippen molar-refractivity contribution in [1.29, 1.82) is 0 Å². The Hall–Kier alpha value is -3.03. The summed E-state index contributed by atoms with van der Waals surface area (Å²) in [5, 5.41) is 33.8. The molecular weight excluding hydrogens is 861 g/mol. The zero-order valence-electron chi connectivity index (χ0n) is 29.0. The second kappa shape index (κ2) is 22.8. The molecule has 2 aliphatic heterocycles. The number of halogens is 6. The molecule has 4 heterocycles. The molecule has 0 aliphatic carbocycles. The number of imidazole rings is 1. The van der Waals surface area contributed by atoms with E-state index >= 15 is 0 Å². The van der Waals surface area contributed by atoms with Gasteiger partial charge in [-0.1, -0.05) is 6.42 Å². The van der Waals surface area contributed by atoms with Crippen molar-refractivity contribution in [1.82, 2.24) is 45.7 Å². The molecule has 8 N–H and O–H groups in total. The molecule has 0 aromatic carbocycles. The molecule has 30 heteroatoms. The molecule has 4 atom stereocenters. The number of rotatable bonds is 8. The molecule has 21 nitrogen and oxygen atoms in total. The van der Waals surface area contributed by atoms with E-state index in [1.807, 2.05) is 4.90 Å². The molecule has 2 saturated heterocycles. The fourth-order valence-corrected chi connectivity index (χ4v) is 4.73. The fraction of sp³-hybridized carbons (Fsp3) is 0.731. The summed E-state index contributed by atoms with van der Waals surface area (Å²) < 4.78 is 125. The van der Waals surface area contributed by atoms with Gasteiger partial charge in [0.15, 0.2) is 44.0 Å². The molecule has 1 radical (unpaired) electrons. The van der Waals surface area contributed by atoms with Gasteiger partial charge in [0.1, 0.15) is 24.1 Å². The number of carbonyl (C=O) groups is 2. The Kier molecular flexibility index (Phi) is 20.7. The van der Waals surface area contributed by atoms with Crippen molar-refractivity contribution in [3.8, 4) is 0 Å². The van der Waals surface area contributed by atoms with E-state index in [0.717, 1.165) is 52.1 Å². The number of nitrogens with one attached hydrogen (secondary N) is 4. The third kappa shape index (κ3) is 16.1. The summed E-state index contributed by atoms with van der Waals surface area (Å²) in [7, 11) is -12.2. The van der Waals surface area contributed by atoms with Crippen LogP contribution in [-0.4, -0.2) is 161 Å². The standard InChI is InChI=1S/C24H40N10O5.2CHF3O3S.Mn/c25-21-17-22(31-14-30-21)34(15-32-17)24-19(37)18(36)20(39-24)23(38)29-5-3-1-2-4-16(35)33-12-10-27-8-6-26-7-9-28-11-13-33;2*2-1(3,4)8(5,6)7;/h14-15,18-20,24,26-28,36-37H,1-13H2,(H,29,38)(H2,25,30,31);2*(H,5,6,7);/q;;;+2/p-2/t18-,19+,20-,24+;;;/m0.../s1. The van der Waals surface area contributed by atoms with Gasteiger partial charge in [-0.05, 0) is 12.8 Å². The van der Waals surface area contributed by atoms with Gasteiger partial charge in [0.25, 0.3) is 5.91 Å². The number of alkyl halides is 6. The van der Waals surface area contributed by atoms with Crippen molar-refractivity contribution in [3.05, 3.63) is 12.7 Å². The number of amides is 2. The maximum atomic E-state index is 12.7. The molecule has 56 heavy (non-hydrogen) atoms. The topological polar surface area (TPSA) is 319 Å². The smallest absolute Gasteiger partial charge is 0.741 e. The van der Waals surface area contributed by atoms with Crippen LogP contribution < -0.4 is 27.0 Å². The van der Waals surface area contributed by atoms with Gasteiger partial charge >= 0.3 is 28.1 Å². The minimum Gasteiger partial charge on any atom is -0.741 e. The summed E-state index contributed by atoms with van der Waals surface area (Å²) >= 11 is 0. The summed E-state index contributed by atoms with van der Waals surface area (Å²) in [6.07, 6.45) is 0.148. The van der Waals surface area contributed by atoms with Crippen LogP contribution in [0.25, 0.3) is 11.2 Å². The zero-order valence-corrected chi connectivity index (χ0v) is 31.8. The number of unbranched alkanes of at least 4 members (excludes halogenated alkanes) is 2. The normalized spacial score (nSPS) is 21.6. The first-order chi connectivity index (χ1) is 25.5. The predicted octanol–water partition coefficient (Wildman–Crippen LogP) is -2.58. The largest absolute Gasteiger partial charge is 2.00 e. The van der Waals surface area contributed by atoms with Gasteiger partial charge in [-0.25, -0.2) is 31.8 Å². The van der Waals surface area contributed by atoms with Crippen molar-refractivity contribution >= 4 is 49.0 Å². The Balaban J connectivity index is 0.000000773. The summed E-state index contributed by atoms with van der Waals surface area (Å²) in [6, 6.07) is 0. The Morgan fingerprint density at radius 2 is 1.36 bits per heavy atom. The van der Waals surface area contributed by atoms with Crippen molar-refractivity contribution < 1.29 is 93.9 Å².